The SMILES string of the molecule is CC(C)NC(=O)CN(C)S(=O)(=O)c1ccc(Cl)c(C(F)(F)F)c1. The quantitative estimate of drug-likeness (QED) is 0.863. The summed E-state index contributed by atoms with van der Waals surface area (Å²) in [7, 11) is -3.15. The van der Waals surface area contributed by atoms with E-state index in [0.717, 1.165) is 19.2 Å². The van der Waals surface area contributed by atoms with Crippen LogP contribution in [-0.4, -0.2) is 38.3 Å². The van der Waals surface area contributed by atoms with Crippen LogP contribution in [0.2, 0.25) is 5.02 Å². The summed E-state index contributed by atoms with van der Waals surface area (Å²) in [5.74, 6) is -0.559. The van der Waals surface area contributed by atoms with Crippen molar-refractivity contribution >= 4 is 27.5 Å². The molecule has 0 aliphatic heterocycles. The number of amides is 1. The van der Waals surface area contributed by atoms with Gasteiger partial charge in [-0.15, -0.1) is 0 Å². The average Bonchev–Trinajstić information content (AvgIpc) is 2.36. The van der Waals surface area contributed by atoms with Crippen molar-refractivity contribution in [3.05, 3.63) is 28.8 Å². The van der Waals surface area contributed by atoms with Crippen LogP contribution >= 0.6 is 11.6 Å². The van der Waals surface area contributed by atoms with Crippen LogP contribution in [0.5, 0.6) is 0 Å². The van der Waals surface area contributed by atoms with Crippen LogP contribution in [0, 0.1) is 0 Å². The molecular weight excluding hydrogens is 357 g/mol. The van der Waals surface area contributed by atoms with Crippen molar-refractivity contribution in [2.24, 2.45) is 0 Å². The summed E-state index contributed by atoms with van der Waals surface area (Å²) in [5.41, 5.74) is -1.25. The molecule has 1 aromatic carbocycles. The molecule has 1 amide bonds. The zero-order valence-electron chi connectivity index (χ0n) is 12.6. The van der Waals surface area contributed by atoms with E-state index in [9.17, 15) is 26.4 Å². The maximum absolute atomic E-state index is 12.8. The Bertz CT molecular complexity index is 690. The van der Waals surface area contributed by atoms with Crippen molar-refractivity contribution < 1.29 is 26.4 Å². The number of benzene rings is 1. The number of halogens is 4. The van der Waals surface area contributed by atoms with Crippen LogP contribution in [0.15, 0.2) is 23.1 Å². The first-order chi connectivity index (χ1) is 10.4. The minimum absolute atomic E-state index is 0.189. The zero-order chi connectivity index (χ0) is 18.0. The maximum Gasteiger partial charge on any atom is 0.417 e. The highest BCUT2D eigenvalue weighted by Crippen LogP contribution is 2.36. The van der Waals surface area contributed by atoms with Crippen LogP contribution in [-0.2, 0) is 21.0 Å². The van der Waals surface area contributed by atoms with Gasteiger partial charge >= 0.3 is 6.18 Å². The van der Waals surface area contributed by atoms with E-state index < -0.39 is 44.1 Å². The van der Waals surface area contributed by atoms with Gasteiger partial charge in [-0.25, -0.2) is 8.42 Å². The van der Waals surface area contributed by atoms with E-state index in [0.29, 0.717) is 10.4 Å². The van der Waals surface area contributed by atoms with Gasteiger partial charge in [-0.1, -0.05) is 11.6 Å². The van der Waals surface area contributed by atoms with Crippen LogP contribution in [0.4, 0.5) is 13.2 Å². The van der Waals surface area contributed by atoms with Gasteiger partial charge in [0.25, 0.3) is 0 Å². The Kier molecular flexibility index (Phi) is 6.06. The molecule has 10 heteroatoms. The molecule has 130 valence electrons. The highest BCUT2D eigenvalue weighted by molar-refractivity contribution is 7.89. The lowest BCUT2D eigenvalue weighted by atomic mass is 10.2. The first kappa shape index (κ1) is 19.7. The molecule has 0 saturated carbocycles. The molecule has 0 radical (unpaired) electrons. The van der Waals surface area contributed by atoms with Crippen molar-refractivity contribution in [3.63, 3.8) is 0 Å². The number of hydrogen-bond donors (Lipinski definition) is 1. The minimum Gasteiger partial charge on any atom is -0.353 e. The van der Waals surface area contributed by atoms with Gasteiger partial charge in [0.1, 0.15) is 0 Å². The molecule has 0 atom stereocenters. The first-order valence-corrected chi connectivity index (χ1v) is 8.30. The number of carbonyl (C=O) groups excluding carboxylic acids is 1. The minimum atomic E-state index is -4.78. The van der Waals surface area contributed by atoms with E-state index in [1.165, 1.54) is 0 Å². The molecule has 0 fully saturated rings. The van der Waals surface area contributed by atoms with Crippen LogP contribution in [0.1, 0.15) is 19.4 Å². The molecule has 0 unspecified atom stereocenters. The maximum atomic E-state index is 12.8. The molecule has 1 aromatic rings. The standard InChI is InChI=1S/C13H16ClF3N2O3S/c1-8(2)18-12(20)7-19(3)23(21,22)9-4-5-11(14)10(6-9)13(15,16)17/h4-6,8H,7H2,1-3H3,(H,18,20). The lowest BCUT2D eigenvalue weighted by Crippen LogP contribution is -2.40. The molecule has 0 bridgehead atoms. The molecule has 1 N–H and O–H groups in total. The number of nitrogens with one attached hydrogen (secondary N) is 1. The monoisotopic (exact) mass is 372 g/mol. The second-order valence-corrected chi connectivity index (χ2v) is 7.57. The summed E-state index contributed by atoms with van der Waals surface area (Å²) >= 11 is 5.46. The lowest BCUT2D eigenvalue weighted by molar-refractivity contribution is -0.137. The molecule has 23 heavy (non-hydrogen) atoms. The van der Waals surface area contributed by atoms with E-state index in [2.05, 4.69) is 5.32 Å². The predicted molar refractivity (Wildman–Crippen MR) is 79.5 cm³/mol. The van der Waals surface area contributed by atoms with Gasteiger partial charge in [0.2, 0.25) is 15.9 Å². The van der Waals surface area contributed by atoms with Crippen molar-refractivity contribution in [1.82, 2.24) is 9.62 Å². The Morgan fingerprint density at radius 2 is 1.91 bits per heavy atom. The number of nitrogens with zero attached hydrogens (tertiary/aromatic N) is 1. The Morgan fingerprint density at radius 1 is 1.35 bits per heavy atom. The van der Waals surface area contributed by atoms with Crippen molar-refractivity contribution in [2.45, 2.75) is 31.0 Å². The Balaban J connectivity index is 3.11. The second-order valence-electron chi connectivity index (χ2n) is 5.12. The fourth-order valence-corrected chi connectivity index (χ4v) is 3.10. The van der Waals surface area contributed by atoms with E-state index in [1.54, 1.807) is 13.8 Å². The summed E-state index contributed by atoms with van der Waals surface area (Å²) < 4.78 is 63.7. The van der Waals surface area contributed by atoms with E-state index in [4.69, 9.17) is 11.6 Å². The highest BCUT2D eigenvalue weighted by atomic mass is 35.5. The molecule has 5 nitrogen and oxygen atoms in total. The summed E-state index contributed by atoms with van der Waals surface area (Å²) in [6.45, 7) is 2.88. The number of carbonyl (C=O) groups is 1. The van der Waals surface area contributed by atoms with Gasteiger partial charge in [0, 0.05) is 13.1 Å². The molecule has 0 aliphatic rings. The molecule has 0 aromatic heterocycles. The number of likely N-dealkylation sites (N-methyl/N-ethyl adjacent to an activating group) is 1. The van der Waals surface area contributed by atoms with Crippen molar-refractivity contribution in [1.29, 1.82) is 0 Å². The largest absolute Gasteiger partial charge is 0.417 e. The van der Waals surface area contributed by atoms with Gasteiger partial charge in [-0.05, 0) is 32.0 Å². The molecule has 1 rings (SSSR count). The third-order valence-corrected chi connectivity index (χ3v) is 4.90. The summed E-state index contributed by atoms with van der Waals surface area (Å²) in [6, 6.07) is 2.09. The number of sulfonamides is 1. The topological polar surface area (TPSA) is 66.5 Å². The fraction of sp³-hybridized carbons (Fsp3) is 0.462. The van der Waals surface area contributed by atoms with Crippen LogP contribution in [0.3, 0.4) is 0 Å². The van der Waals surface area contributed by atoms with Gasteiger partial charge in [0.15, 0.2) is 0 Å². The Labute approximate surface area is 137 Å². The van der Waals surface area contributed by atoms with E-state index in [-0.39, 0.29) is 6.04 Å². The van der Waals surface area contributed by atoms with E-state index >= 15 is 0 Å². The molecule has 0 heterocycles. The number of hydrogen-bond acceptors (Lipinski definition) is 3. The molecule has 0 aliphatic carbocycles. The van der Waals surface area contributed by atoms with Crippen LogP contribution < -0.4 is 5.32 Å². The number of alkyl halides is 3. The normalized spacial score (nSPS) is 12.7. The smallest absolute Gasteiger partial charge is 0.353 e. The second kappa shape index (κ2) is 7.06. The first-order valence-electron chi connectivity index (χ1n) is 6.48. The summed E-state index contributed by atoms with van der Waals surface area (Å²) in [4.78, 5) is 11.0. The summed E-state index contributed by atoms with van der Waals surface area (Å²) in [5, 5.41) is 1.90. The van der Waals surface area contributed by atoms with Gasteiger partial charge < -0.3 is 5.32 Å². The highest BCUT2D eigenvalue weighted by Gasteiger charge is 2.35. The molecule has 0 spiro atoms. The number of rotatable bonds is 5. The Hall–Kier alpha value is -1.32. The molecule has 0 saturated heterocycles. The van der Waals surface area contributed by atoms with Crippen LogP contribution in [0.25, 0.3) is 0 Å². The zero-order valence-corrected chi connectivity index (χ0v) is 14.2. The lowest BCUT2D eigenvalue weighted by Gasteiger charge is -2.19. The van der Waals surface area contributed by atoms with Crippen molar-refractivity contribution in [2.75, 3.05) is 13.6 Å². The van der Waals surface area contributed by atoms with Gasteiger partial charge in [-0.2, -0.15) is 17.5 Å². The van der Waals surface area contributed by atoms with Gasteiger partial charge in [-0.3, -0.25) is 4.79 Å². The average molecular weight is 373 g/mol. The van der Waals surface area contributed by atoms with Crippen molar-refractivity contribution in [3.8, 4) is 0 Å². The predicted octanol–water partition coefficient (Wildman–Crippen LogP) is 2.50. The third-order valence-electron chi connectivity index (χ3n) is 2.77. The fourth-order valence-electron chi connectivity index (χ4n) is 1.72. The Morgan fingerprint density at radius 3 is 2.39 bits per heavy atom. The van der Waals surface area contributed by atoms with E-state index in [1.807, 2.05) is 0 Å². The third kappa shape index (κ3) is 5.08. The van der Waals surface area contributed by atoms with Gasteiger partial charge in [0.05, 0.1) is 22.0 Å². The molecular formula is C13H16ClF3N2O3S. The summed E-state index contributed by atoms with van der Waals surface area (Å²) in [6.07, 6.45) is -4.78.